The zero-order valence-electron chi connectivity index (χ0n) is 16.8. The Bertz CT molecular complexity index is 889. The molecule has 0 radical (unpaired) electrons. The van der Waals surface area contributed by atoms with Crippen molar-refractivity contribution >= 4 is 24.2 Å². The fourth-order valence-corrected chi connectivity index (χ4v) is 3.32. The molecule has 3 aromatic rings. The zero-order chi connectivity index (χ0) is 19.8. The second-order valence-corrected chi connectivity index (χ2v) is 7.43. The van der Waals surface area contributed by atoms with Crippen LogP contribution in [0.4, 0.5) is 0 Å². The average Bonchev–Trinajstić information content (AvgIpc) is 3.12. The van der Waals surface area contributed by atoms with Crippen LogP contribution in [-0.2, 0) is 20.2 Å². The highest BCUT2D eigenvalue weighted by atomic mass is 35.5. The van der Waals surface area contributed by atoms with Crippen LogP contribution >= 0.6 is 24.2 Å². The van der Waals surface area contributed by atoms with E-state index in [1.165, 1.54) is 5.56 Å². The van der Waals surface area contributed by atoms with Crippen molar-refractivity contribution in [2.75, 3.05) is 19.4 Å². The molecule has 0 amide bonds. The van der Waals surface area contributed by atoms with Gasteiger partial charge in [0.25, 0.3) is 0 Å². The minimum absolute atomic E-state index is 0. The number of aromatic nitrogens is 4. The van der Waals surface area contributed by atoms with E-state index < -0.39 is 0 Å². The maximum absolute atomic E-state index is 5.93. The summed E-state index contributed by atoms with van der Waals surface area (Å²) < 4.78 is 13.1. The summed E-state index contributed by atoms with van der Waals surface area (Å²) in [4.78, 5) is 0. The summed E-state index contributed by atoms with van der Waals surface area (Å²) >= 11 is 1.62. The largest absolute Gasteiger partial charge is 0.493 e. The van der Waals surface area contributed by atoms with Crippen LogP contribution in [0.25, 0.3) is 0 Å². The molecule has 0 aliphatic carbocycles. The van der Waals surface area contributed by atoms with Crippen molar-refractivity contribution in [1.29, 1.82) is 0 Å². The molecule has 0 spiro atoms. The highest BCUT2D eigenvalue weighted by molar-refractivity contribution is 7.99. The van der Waals surface area contributed by atoms with Crippen LogP contribution in [0.2, 0.25) is 0 Å². The molecule has 0 saturated heterocycles. The van der Waals surface area contributed by atoms with E-state index >= 15 is 0 Å². The van der Waals surface area contributed by atoms with Crippen LogP contribution in [-0.4, -0.2) is 39.6 Å². The molecule has 1 aromatic heterocycles. The molecule has 3 rings (SSSR count). The van der Waals surface area contributed by atoms with E-state index in [-0.39, 0.29) is 12.4 Å². The lowest BCUT2D eigenvalue weighted by Gasteiger charge is -2.13. The molecule has 156 valence electrons. The molecule has 1 heterocycles. The topological polar surface area (TPSA) is 74.1 Å². The molecule has 29 heavy (non-hydrogen) atoms. The molecule has 0 atom stereocenters. The highest BCUT2D eigenvalue weighted by Crippen LogP contribution is 2.29. The van der Waals surface area contributed by atoms with Gasteiger partial charge in [0.2, 0.25) is 5.16 Å². The van der Waals surface area contributed by atoms with E-state index in [4.69, 9.17) is 9.47 Å². The fourth-order valence-electron chi connectivity index (χ4n) is 2.58. The lowest BCUT2D eigenvalue weighted by Crippen LogP contribution is -2.16. The Morgan fingerprint density at radius 3 is 2.52 bits per heavy atom. The lowest BCUT2D eigenvalue weighted by atomic mass is 10.1. The first kappa shape index (κ1) is 23.0. The van der Waals surface area contributed by atoms with Gasteiger partial charge in [-0.15, -0.1) is 17.5 Å². The lowest BCUT2D eigenvalue weighted by molar-refractivity contribution is 0.284. The Kier molecular flexibility index (Phi) is 9.24. The van der Waals surface area contributed by atoms with Crippen LogP contribution in [0.1, 0.15) is 16.7 Å². The molecule has 0 saturated carbocycles. The average molecular weight is 436 g/mol. The summed E-state index contributed by atoms with van der Waals surface area (Å²) in [5.41, 5.74) is 3.52. The van der Waals surface area contributed by atoms with E-state index in [9.17, 15) is 0 Å². The van der Waals surface area contributed by atoms with Crippen molar-refractivity contribution in [2.24, 2.45) is 7.05 Å². The molecule has 0 fully saturated rings. The number of aryl methyl sites for hydroxylation is 2. The number of halogens is 1. The summed E-state index contributed by atoms with van der Waals surface area (Å²) in [6.07, 6.45) is 0. The Balaban J connectivity index is 0.00000300. The van der Waals surface area contributed by atoms with Crippen LogP contribution in [0, 0.1) is 6.92 Å². The number of benzene rings is 2. The van der Waals surface area contributed by atoms with Gasteiger partial charge >= 0.3 is 0 Å². The minimum Gasteiger partial charge on any atom is -0.493 e. The van der Waals surface area contributed by atoms with Gasteiger partial charge in [-0.05, 0) is 40.6 Å². The number of ether oxygens (including phenoxy) is 2. The number of hydrogen-bond acceptors (Lipinski definition) is 7. The van der Waals surface area contributed by atoms with Crippen molar-refractivity contribution in [2.45, 2.75) is 25.2 Å². The van der Waals surface area contributed by atoms with Gasteiger partial charge in [0.15, 0.2) is 11.5 Å². The number of hydrogen-bond donors (Lipinski definition) is 1. The maximum atomic E-state index is 5.93. The van der Waals surface area contributed by atoms with Crippen molar-refractivity contribution in [3.05, 3.63) is 59.2 Å². The van der Waals surface area contributed by atoms with Gasteiger partial charge < -0.3 is 14.8 Å². The molecular weight excluding hydrogens is 410 g/mol. The maximum Gasteiger partial charge on any atom is 0.209 e. The Morgan fingerprint density at radius 2 is 1.83 bits per heavy atom. The van der Waals surface area contributed by atoms with Crippen molar-refractivity contribution in [1.82, 2.24) is 25.5 Å². The van der Waals surface area contributed by atoms with Gasteiger partial charge in [0.05, 0.1) is 7.11 Å². The van der Waals surface area contributed by atoms with Gasteiger partial charge in [-0.1, -0.05) is 47.7 Å². The Hall–Kier alpha value is -2.29. The summed E-state index contributed by atoms with van der Waals surface area (Å²) in [7, 11) is 3.50. The molecule has 0 unspecified atom stereocenters. The van der Waals surface area contributed by atoms with E-state index in [0.29, 0.717) is 6.61 Å². The fraction of sp³-hybridized carbons (Fsp3) is 0.350. The molecule has 7 nitrogen and oxygen atoms in total. The van der Waals surface area contributed by atoms with Crippen LogP contribution in [0.5, 0.6) is 11.5 Å². The molecule has 0 aliphatic rings. The predicted molar refractivity (Wildman–Crippen MR) is 117 cm³/mol. The molecular formula is C20H26ClN5O2S. The molecule has 0 bridgehead atoms. The quantitative estimate of drug-likeness (QED) is 0.386. The zero-order valence-corrected chi connectivity index (χ0v) is 18.4. The number of tetrazole rings is 1. The smallest absolute Gasteiger partial charge is 0.209 e. The third kappa shape index (κ3) is 6.92. The van der Waals surface area contributed by atoms with E-state index in [1.807, 2.05) is 19.2 Å². The Morgan fingerprint density at radius 1 is 1.07 bits per heavy atom. The number of thioether (sulfide) groups is 1. The van der Waals surface area contributed by atoms with Gasteiger partial charge in [-0.3, -0.25) is 0 Å². The summed E-state index contributed by atoms with van der Waals surface area (Å²) in [5.74, 6) is 2.38. The third-order valence-corrected chi connectivity index (χ3v) is 5.18. The first-order valence-corrected chi connectivity index (χ1v) is 10.1. The van der Waals surface area contributed by atoms with E-state index in [2.05, 4.69) is 58.1 Å². The van der Waals surface area contributed by atoms with Gasteiger partial charge in [0.1, 0.15) is 6.61 Å². The molecule has 2 aromatic carbocycles. The van der Waals surface area contributed by atoms with Crippen molar-refractivity contribution in [3.8, 4) is 11.5 Å². The van der Waals surface area contributed by atoms with Gasteiger partial charge in [0, 0.05) is 25.9 Å². The molecule has 9 heteroatoms. The minimum atomic E-state index is 0. The molecule has 0 aliphatic heterocycles. The number of methoxy groups -OCH3 is 1. The number of rotatable bonds is 10. The van der Waals surface area contributed by atoms with Crippen LogP contribution in [0.15, 0.2) is 47.6 Å². The second-order valence-electron chi connectivity index (χ2n) is 6.37. The highest BCUT2D eigenvalue weighted by Gasteiger charge is 2.07. The van der Waals surface area contributed by atoms with Crippen LogP contribution in [0.3, 0.4) is 0 Å². The summed E-state index contributed by atoms with van der Waals surface area (Å²) in [5, 5.41) is 15.6. The van der Waals surface area contributed by atoms with E-state index in [1.54, 1.807) is 23.6 Å². The Labute approximate surface area is 181 Å². The SMILES string of the molecule is COc1cc(CNCCSc2nnnn2C)ccc1OCc1ccc(C)cc1.Cl. The third-order valence-electron chi connectivity index (χ3n) is 4.16. The van der Waals surface area contributed by atoms with Gasteiger partial charge in [-0.25, -0.2) is 4.68 Å². The molecule has 1 N–H and O–H groups in total. The van der Waals surface area contributed by atoms with Gasteiger partial charge in [-0.2, -0.15) is 0 Å². The van der Waals surface area contributed by atoms with Crippen LogP contribution < -0.4 is 14.8 Å². The monoisotopic (exact) mass is 435 g/mol. The predicted octanol–water partition coefficient (Wildman–Crippen LogP) is 3.41. The first-order valence-electron chi connectivity index (χ1n) is 9.07. The number of nitrogens with zero attached hydrogens (tertiary/aromatic N) is 4. The first-order chi connectivity index (χ1) is 13.7. The standard InChI is InChI=1S/C20H25N5O2S.ClH/c1-15-4-6-16(7-5-15)14-27-18-9-8-17(12-19(18)26-3)13-21-10-11-28-20-22-23-24-25(20)2;/h4-9,12,21H,10-11,13-14H2,1-3H3;1H. The van der Waals surface area contributed by atoms with Crippen molar-refractivity contribution in [3.63, 3.8) is 0 Å². The second kappa shape index (κ2) is 11.6. The van der Waals surface area contributed by atoms with E-state index in [0.717, 1.165) is 46.6 Å². The number of nitrogens with one attached hydrogen (secondary N) is 1. The summed E-state index contributed by atoms with van der Waals surface area (Å²) in [6.45, 7) is 4.20. The van der Waals surface area contributed by atoms with Crippen molar-refractivity contribution < 1.29 is 9.47 Å². The normalized spacial score (nSPS) is 10.4. The summed E-state index contributed by atoms with van der Waals surface area (Å²) in [6, 6.07) is 14.4.